The Kier molecular flexibility index (Phi) is 5.98. The molecule has 0 saturated heterocycles. The number of carboxylic acids is 1. The van der Waals surface area contributed by atoms with Crippen LogP contribution < -0.4 is 5.32 Å². The minimum absolute atomic E-state index is 0.0295. The SMILES string of the molecule is O=C(O)c1ccc(NCCCOCCO)cn1. The lowest BCUT2D eigenvalue weighted by Gasteiger charge is -2.06. The van der Waals surface area contributed by atoms with Crippen molar-refractivity contribution in [2.45, 2.75) is 6.42 Å². The summed E-state index contributed by atoms with van der Waals surface area (Å²) in [5.41, 5.74) is 0.805. The van der Waals surface area contributed by atoms with Crippen molar-refractivity contribution in [1.29, 1.82) is 0 Å². The Hall–Kier alpha value is -1.66. The van der Waals surface area contributed by atoms with E-state index in [1.54, 1.807) is 6.07 Å². The average Bonchev–Trinajstić information content (AvgIpc) is 2.34. The number of nitrogens with zero attached hydrogens (tertiary/aromatic N) is 1. The zero-order valence-electron chi connectivity index (χ0n) is 9.43. The number of aliphatic hydroxyl groups is 1. The van der Waals surface area contributed by atoms with Gasteiger partial charge >= 0.3 is 5.97 Å². The summed E-state index contributed by atoms with van der Waals surface area (Å²) in [7, 11) is 0. The maximum Gasteiger partial charge on any atom is 0.354 e. The number of hydrogen-bond acceptors (Lipinski definition) is 5. The van der Waals surface area contributed by atoms with Crippen molar-refractivity contribution < 1.29 is 19.7 Å². The van der Waals surface area contributed by atoms with E-state index >= 15 is 0 Å². The number of hydrogen-bond donors (Lipinski definition) is 3. The number of aromatic nitrogens is 1. The van der Waals surface area contributed by atoms with Gasteiger partial charge in [0.25, 0.3) is 0 Å². The predicted molar refractivity (Wildman–Crippen MR) is 62.2 cm³/mol. The predicted octanol–water partition coefficient (Wildman–Crippen LogP) is 0.591. The van der Waals surface area contributed by atoms with Crippen LogP contribution in [0.1, 0.15) is 16.9 Å². The van der Waals surface area contributed by atoms with Gasteiger partial charge in [0.2, 0.25) is 0 Å². The monoisotopic (exact) mass is 240 g/mol. The summed E-state index contributed by atoms with van der Waals surface area (Å²) >= 11 is 0. The molecule has 1 heterocycles. The van der Waals surface area contributed by atoms with E-state index in [-0.39, 0.29) is 12.3 Å². The topological polar surface area (TPSA) is 91.7 Å². The number of aliphatic hydroxyl groups excluding tert-OH is 1. The fourth-order valence-corrected chi connectivity index (χ4v) is 1.20. The number of ether oxygens (including phenoxy) is 1. The van der Waals surface area contributed by atoms with Gasteiger partial charge in [0, 0.05) is 13.2 Å². The minimum Gasteiger partial charge on any atom is -0.477 e. The zero-order valence-corrected chi connectivity index (χ0v) is 9.43. The van der Waals surface area contributed by atoms with Gasteiger partial charge in [-0.1, -0.05) is 0 Å². The molecule has 0 saturated carbocycles. The number of rotatable bonds is 8. The molecule has 0 fully saturated rings. The molecular formula is C11H16N2O4. The molecule has 3 N–H and O–H groups in total. The van der Waals surface area contributed by atoms with E-state index in [0.29, 0.717) is 19.8 Å². The van der Waals surface area contributed by atoms with Crippen LogP contribution in [0.2, 0.25) is 0 Å². The molecule has 1 rings (SSSR count). The molecule has 0 radical (unpaired) electrons. The molecule has 0 amide bonds. The van der Waals surface area contributed by atoms with Crippen LogP contribution in [-0.4, -0.2) is 47.5 Å². The van der Waals surface area contributed by atoms with Crippen molar-refractivity contribution >= 4 is 11.7 Å². The van der Waals surface area contributed by atoms with Crippen LogP contribution in [0.3, 0.4) is 0 Å². The molecule has 0 spiro atoms. The zero-order chi connectivity index (χ0) is 12.5. The maximum atomic E-state index is 10.6. The van der Waals surface area contributed by atoms with Gasteiger partial charge in [0.1, 0.15) is 5.69 Å². The molecule has 6 nitrogen and oxygen atoms in total. The molecule has 1 aromatic heterocycles. The summed E-state index contributed by atoms with van der Waals surface area (Å²) in [6, 6.07) is 3.12. The van der Waals surface area contributed by atoms with Crippen molar-refractivity contribution in [1.82, 2.24) is 4.98 Å². The molecule has 17 heavy (non-hydrogen) atoms. The van der Waals surface area contributed by atoms with Crippen LogP contribution >= 0.6 is 0 Å². The van der Waals surface area contributed by atoms with Crippen molar-refractivity contribution in [2.75, 3.05) is 31.7 Å². The molecule has 0 aliphatic heterocycles. The maximum absolute atomic E-state index is 10.6. The molecule has 0 unspecified atom stereocenters. The summed E-state index contributed by atoms with van der Waals surface area (Å²) in [6.07, 6.45) is 2.29. The Balaban J connectivity index is 2.21. The van der Waals surface area contributed by atoms with Crippen molar-refractivity contribution in [3.63, 3.8) is 0 Å². The summed E-state index contributed by atoms with van der Waals surface area (Å²) in [5.74, 6) is -1.03. The van der Waals surface area contributed by atoms with Gasteiger partial charge in [-0.05, 0) is 18.6 Å². The second-order valence-electron chi connectivity index (χ2n) is 3.35. The van der Waals surface area contributed by atoms with Crippen molar-refractivity contribution in [2.24, 2.45) is 0 Å². The second kappa shape index (κ2) is 7.59. The second-order valence-corrected chi connectivity index (χ2v) is 3.35. The molecule has 6 heteroatoms. The third-order valence-corrected chi connectivity index (χ3v) is 2.01. The number of aromatic carboxylic acids is 1. The lowest BCUT2D eigenvalue weighted by atomic mass is 10.3. The van der Waals surface area contributed by atoms with Crippen LogP contribution in [0.5, 0.6) is 0 Å². The molecule has 1 aromatic rings. The summed E-state index contributed by atoms with van der Waals surface area (Å²) < 4.78 is 5.09. The standard InChI is InChI=1S/C11H16N2O4/c14-5-7-17-6-1-4-12-9-2-3-10(11(15)16)13-8-9/h2-3,8,12,14H,1,4-7H2,(H,15,16). The van der Waals surface area contributed by atoms with Gasteiger partial charge in [0.05, 0.1) is 25.1 Å². The summed E-state index contributed by atoms with van der Waals surface area (Å²) in [5, 5.41) is 20.2. The number of carboxylic acid groups (broad SMARTS) is 1. The first-order valence-electron chi connectivity index (χ1n) is 5.36. The normalized spacial score (nSPS) is 10.2. The highest BCUT2D eigenvalue weighted by Crippen LogP contribution is 2.05. The largest absolute Gasteiger partial charge is 0.477 e. The molecule has 0 aliphatic rings. The van der Waals surface area contributed by atoms with Gasteiger partial charge < -0.3 is 20.3 Å². The van der Waals surface area contributed by atoms with E-state index < -0.39 is 5.97 Å². The highest BCUT2D eigenvalue weighted by Gasteiger charge is 2.02. The first-order chi connectivity index (χ1) is 8.24. The molecule has 0 aromatic carbocycles. The van der Waals surface area contributed by atoms with Gasteiger partial charge in [-0.2, -0.15) is 0 Å². The third kappa shape index (κ3) is 5.28. The lowest BCUT2D eigenvalue weighted by molar-refractivity contribution is 0.0690. The Morgan fingerprint density at radius 3 is 2.82 bits per heavy atom. The highest BCUT2D eigenvalue weighted by atomic mass is 16.5. The first-order valence-corrected chi connectivity index (χ1v) is 5.36. The molecule has 94 valence electrons. The highest BCUT2D eigenvalue weighted by molar-refractivity contribution is 5.85. The molecule has 0 atom stereocenters. The lowest BCUT2D eigenvalue weighted by Crippen LogP contribution is -2.08. The van der Waals surface area contributed by atoms with Crippen LogP contribution in [0.15, 0.2) is 18.3 Å². The molecule has 0 aliphatic carbocycles. The Labute approximate surface area is 99.3 Å². The van der Waals surface area contributed by atoms with E-state index in [1.807, 2.05) is 0 Å². The number of pyridine rings is 1. The van der Waals surface area contributed by atoms with Gasteiger partial charge in [-0.25, -0.2) is 9.78 Å². The Morgan fingerprint density at radius 2 is 2.24 bits per heavy atom. The summed E-state index contributed by atoms with van der Waals surface area (Å²) in [4.78, 5) is 14.3. The van der Waals surface area contributed by atoms with Gasteiger partial charge in [-0.15, -0.1) is 0 Å². The number of anilines is 1. The van der Waals surface area contributed by atoms with Crippen LogP contribution in [0.4, 0.5) is 5.69 Å². The van der Waals surface area contributed by atoms with E-state index in [1.165, 1.54) is 12.3 Å². The molecule has 0 bridgehead atoms. The van der Waals surface area contributed by atoms with Gasteiger partial charge in [-0.3, -0.25) is 0 Å². The summed E-state index contributed by atoms with van der Waals surface area (Å²) in [6.45, 7) is 1.68. The fraction of sp³-hybridized carbons (Fsp3) is 0.455. The quantitative estimate of drug-likeness (QED) is 0.576. The smallest absolute Gasteiger partial charge is 0.354 e. The minimum atomic E-state index is -1.03. The Bertz CT molecular complexity index is 340. The third-order valence-electron chi connectivity index (χ3n) is 2.01. The Morgan fingerprint density at radius 1 is 1.41 bits per heavy atom. The van der Waals surface area contributed by atoms with Crippen LogP contribution in [-0.2, 0) is 4.74 Å². The van der Waals surface area contributed by atoms with E-state index in [0.717, 1.165) is 12.1 Å². The average molecular weight is 240 g/mol. The number of nitrogens with one attached hydrogen (secondary N) is 1. The van der Waals surface area contributed by atoms with Crippen molar-refractivity contribution in [3.05, 3.63) is 24.0 Å². The molecular weight excluding hydrogens is 224 g/mol. The number of carbonyl (C=O) groups is 1. The van der Waals surface area contributed by atoms with E-state index in [9.17, 15) is 4.79 Å². The van der Waals surface area contributed by atoms with Crippen LogP contribution in [0, 0.1) is 0 Å². The first kappa shape index (κ1) is 13.4. The van der Waals surface area contributed by atoms with Crippen molar-refractivity contribution in [3.8, 4) is 0 Å². The van der Waals surface area contributed by atoms with E-state index in [2.05, 4.69) is 10.3 Å². The van der Waals surface area contributed by atoms with Gasteiger partial charge in [0.15, 0.2) is 0 Å². The van der Waals surface area contributed by atoms with Crippen LogP contribution in [0.25, 0.3) is 0 Å². The fourth-order valence-electron chi connectivity index (χ4n) is 1.20. The van der Waals surface area contributed by atoms with E-state index in [4.69, 9.17) is 14.9 Å².